The fourth-order valence-electron chi connectivity index (χ4n) is 11.3. The molecule has 0 amide bonds. The highest BCUT2D eigenvalue weighted by Gasteiger charge is 2.30. The number of rotatable bonds is 74. The van der Waals surface area contributed by atoms with Crippen LogP contribution < -0.4 is 0 Å². The molecule has 0 saturated carbocycles. The number of carbonyl (C=O) groups is 4. The molecule has 0 saturated heterocycles. The summed E-state index contributed by atoms with van der Waals surface area (Å²) in [7, 11) is -9.92. The van der Waals surface area contributed by atoms with E-state index in [-0.39, 0.29) is 25.7 Å². The first-order valence-electron chi connectivity index (χ1n) is 39.3. The third-order valence-electron chi connectivity index (χ3n) is 17.7. The minimum atomic E-state index is -4.97. The third-order valence-corrected chi connectivity index (χ3v) is 19.6. The second-order valence-electron chi connectivity index (χ2n) is 27.8. The number of allylic oxidation sites excluding steroid dienone is 4. The fraction of sp³-hybridized carbons (Fsp3) is 0.896. The lowest BCUT2D eigenvalue weighted by Crippen LogP contribution is -2.30. The summed E-state index contributed by atoms with van der Waals surface area (Å²) >= 11 is 0. The van der Waals surface area contributed by atoms with Gasteiger partial charge in [-0.05, 0) is 63.2 Å². The molecule has 0 heterocycles. The van der Waals surface area contributed by atoms with Crippen molar-refractivity contribution in [3.63, 3.8) is 0 Å². The normalized spacial score (nSPS) is 14.4. The minimum absolute atomic E-state index is 0.101. The van der Waals surface area contributed by atoms with Crippen LogP contribution in [0.2, 0.25) is 0 Å². The SMILES string of the molecule is CCCCCC/C=C\C=C/CCCCCCCC(=O)OC[C@H](COP(=O)(O)OC[C@@H](O)COP(=O)(O)OC[C@@H](COC(=O)CCCCCCCCC(C)C)OC(=O)CCCCCCCCCCCCC(C)CC)OC(=O)CCCCCCCCCCCCCCCCCCCC. The van der Waals surface area contributed by atoms with Gasteiger partial charge < -0.3 is 33.8 Å². The third kappa shape index (κ3) is 68.7. The summed E-state index contributed by atoms with van der Waals surface area (Å²) in [5, 5.41) is 10.6. The van der Waals surface area contributed by atoms with Crippen LogP contribution in [0.5, 0.6) is 0 Å². The van der Waals surface area contributed by atoms with Crippen LogP contribution in [-0.4, -0.2) is 96.7 Å². The van der Waals surface area contributed by atoms with Crippen molar-refractivity contribution in [2.45, 2.75) is 394 Å². The van der Waals surface area contributed by atoms with Gasteiger partial charge in [-0.15, -0.1) is 0 Å². The van der Waals surface area contributed by atoms with Gasteiger partial charge >= 0.3 is 39.5 Å². The highest BCUT2D eigenvalue weighted by atomic mass is 31.2. The van der Waals surface area contributed by atoms with Crippen LogP contribution in [0, 0.1) is 11.8 Å². The van der Waals surface area contributed by atoms with Crippen LogP contribution in [0.3, 0.4) is 0 Å². The van der Waals surface area contributed by atoms with Crippen molar-refractivity contribution < 1.29 is 80.2 Å². The second-order valence-corrected chi connectivity index (χ2v) is 30.7. The van der Waals surface area contributed by atoms with E-state index < -0.39 is 97.5 Å². The van der Waals surface area contributed by atoms with E-state index in [9.17, 15) is 43.2 Å². The number of carbonyl (C=O) groups excluding carboxylic acids is 4. The predicted molar refractivity (Wildman–Crippen MR) is 391 cm³/mol. The van der Waals surface area contributed by atoms with Gasteiger partial charge in [0.2, 0.25) is 0 Å². The summed E-state index contributed by atoms with van der Waals surface area (Å²) in [5.41, 5.74) is 0. The topological polar surface area (TPSA) is 237 Å². The molecular formula is C77H146O17P2. The van der Waals surface area contributed by atoms with E-state index in [1.54, 1.807) is 0 Å². The number of aliphatic hydroxyl groups excluding tert-OH is 1. The van der Waals surface area contributed by atoms with E-state index in [0.29, 0.717) is 31.6 Å². The Labute approximate surface area is 586 Å². The van der Waals surface area contributed by atoms with Crippen LogP contribution in [0.4, 0.5) is 0 Å². The summed E-state index contributed by atoms with van der Waals surface area (Å²) in [4.78, 5) is 72.8. The number of aliphatic hydroxyl groups is 1. The summed E-state index contributed by atoms with van der Waals surface area (Å²) < 4.78 is 68.5. The largest absolute Gasteiger partial charge is 0.472 e. The molecule has 566 valence electrons. The maximum absolute atomic E-state index is 13.1. The van der Waals surface area contributed by atoms with E-state index in [0.717, 1.165) is 121 Å². The summed E-state index contributed by atoms with van der Waals surface area (Å²) in [6.07, 6.45) is 59.2. The molecule has 0 bridgehead atoms. The monoisotopic (exact) mass is 1410 g/mol. The van der Waals surface area contributed by atoms with Gasteiger partial charge in [0.1, 0.15) is 19.3 Å². The van der Waals surface area contributed by atoms with E-state index in [1.807, 2.05) is 0 Å². The van der Waals surface area contributed by atoms with Gasteiger partial charge in [-0.2, -0.15) is 0 Å². The van der Waals surface area contributed by atoms with Gasteiger partial charge in [0.05, 0.1) is 26.4 Å². The van der Waals surface area contributed by atoms with E-state index in [1.165, 1.54) is 167 Å². The Balaban J connectivity index is 5.27. The number of esters is 4. The van der Waals surface area contributed by atoms with Crippen molar-refractivity contribution >= 4 is 39.5 Å². The van der Waals surface area contributed by atoms with E-state index >= 15 is 0 Å². The molecule has 3 N–H and O–H groups in total. The van der Waals surface area contributed by atoms with Crippen molar-refractivity contribution in [3.05, 3.63) is 24.3 Å². The predicted octanol–water partition coefficient (Wildman–Crippen LogP) is 22.3. The maximum atomic E-state index is 13.1. The minimum Gasteiger partial charge on any atom is -0.462 e. The molecule has 0 fully saturated rings. The van der Waals surface area contributed by atoms with Crippen molar-refractivity contribution in [2.24, 2.45) is 11.8 Å². The highest BCUT2D eigenvalue weighted by Crippen LogP contribution is 2.45. The highest BCUT2D eigenvalue weighted by molar-refractivity contribution is 7.47. The maximum Gasteiger partial charge on any atom is 0.472 e. The first-order chi connectivity index (χ1) is 46.4. The molecular weight excluding hydrogens is 1260 g/mol. The van der Waals surface area contributed by atoms with Crippen molar-refractivity contribution in [1.82, 2.24) is 0 Å². The molecule has 0 rings (SSSR count). The Morgan fingerprint density at radius 3 is 0.938 bits per heavy atom. The van der Waals surface area contributed by atoms with Gasteiger partial charge in [0, 0.05) is 25.7 Å². The summed E-state index contributed by atoms with van der Waals surface area (Å²) in [6.45, 7) is 9.47. The number of phosphoric acid groups is 2. The number of phosphoric ester groups is 2. The molecule has 0 aliphatic rings. The molecule has 6 atom stereocenters. The van der Waals surface area contributed by atoms with Crippen LogP contribution >= 0.6 is 15.6 Å². The van der Waals surface area contributed by atoms with Gasteiger partial charge in [0.25, 0.3) is 0 Å². The molecule has 0 aliphatic carbocycles. The first-order valence-corrected chi connectivity index (χ1v) is 42.3. The van der Waals surface area contributed by atoms with Gasteiger partial charge in [-0.3, -0.25) is 37.3 Å². The van der Waals surface area contributed by atoms with Crippen LogP contribution in [0.15, 0.2) is 24.3 Å². The van der Waals surface area contributed by atoms with Crippen molar-refractivity contribution in [3.8, 4) is 0 Å². The lowest BCUT2D eigenvalue weighted by Gasteiger charge is -2.21. The summed E-state index contributed by atoms with van der Waals surface area (Å²) in [5.74, 6) is -0.668. The molecule has 0 radical (unpaired) electrons. The quantitative estimate of drug-likeness (QED) is 0.0169. The van der Waals surface area contributed by atoms with Gasteiger partial charge in [0.15, 0.2) is 12.2 Å². The van der Waals surface area contributed by atoms with Crippen LogP contribution in [0.25, 0.3) is 0 Å². The summed E-state index contributed by atoms with van der Waals surface area (Å²) in [6, 6.07) is 0. The second kappa shape index (κ2) is 68.3. The van der Waals surface area contributed by atoms with Gasteiger partial charge in [-0.25, -0.2) is 9.13 Å². The number of unbranched alkanes of at least 4 members (excludes halogenated alkanes) is 40. The lowest BCUT2D eigenvalue weighted by molar-refractivity contribution is -0.161. The Hall–Kier alpha value is -2.46. The zero-order valence-corrected chi connectivity index (χ0v) is 63.9. The molecule has 0 aliphatic heterocycles. The lowest BCUT2D eigenvalue weighted by atomic mass is 9.99. The Morgan fingerprint density at radius 1 is 0.344 bits per heavy atom. The Morgan fingerprint density at radius 2 is 0.615 bits per heavy atom. The zero-order valence-electron chi connectivity index (χ0n) is 62.2. The molecule has 0 aromatic rings. The molecule has 0 spiro atoms. The standard InChI is InChI=1S/C77H146O17P2/c1-7-10-12-14-16-18-20-22-24-25-26-28-30-32-37-41-49-55-61-76(81)93-72(65-87-74(79)59-53-47-40-36-31-29-27-23-21-19-17-15-13-11-8-2)67-91-95(83,84)89-63-71(78)64-90-96(85,86)92-68-73(66-88-75(80)60-54-48-44-43-45-51-57-69(4)5)94-77(82)62-56-50-42-38-34-33-35-39-46-52-58-70(6)9-3/h19,21,23,27,69-73,78H,7-18,20,22,24-26,28-68H2,1-6H3,(H,83,84)(H,85,86)/b21-19-,27-23-/t70?,71-,72-,73-/m1/s1. The van der Waals surface area contributed by atoms with Crippen molar-refractivity contribution in [2.75, 3.05) is 39.6 Å². The molecule has 0 aromatic heterocycles. The molecule has 19 heteroatoms. The molecule has 96 heavy (non-hydrogen) atoms. The number of ether oxygens (including phenoxy) is 4. The average molecular weight is 1410 g/mol. The Bertz CT molecular complexity index is 1950. The van der Waals surface area contributed by atoms with E-state index in [4.69, 9.17) is 37.0 Å². The van der Waals surface area contributed by atoms with Crippen LogP contribution in [0.1, 0.15) is 375 Å². The number of hydrogen-bond donors (Lipinski definition) is 3. The molecule has 3 unspecified atom stereocenters. The van der Waals surface area contributed by atoms with Crippen LogP contribution in [-0.2, 0) is 65.4 Å². The van der Waals surface area contributed by atoms with Crippen molar-refractivity contribution in [1.29, 1.82) is 0 Å². The Kier molecular flexibility index (Phi) is 66.6. The fourth-order valence-corrected chi connectivity index (χ4v) is 12.8. The molecule has 0 aromatic carbocycles. The smallest absolute Gasteiger partial charge is 0.462 e. The molecule has 17 nitrogen and oxygen atoms in total. The van der Waals surface area contributed by atoms with Gasteiger partial charge in [-0.1, -0.05) is 323 Å². The first kappa shape index (κ1) is 93.5. The zero-order chi connectivity index (χ0) is 70.7. The number of hydrogen-bond acceptors (Lipinski definition) is 15. The average Bonchev–Trinajstić information content (AvgIpc) is 1.20. The van der Waals surface area contributed by atoms with E-state index in [2.05, 4.69) is 65.8 Å².